The Balaban J connectivity index is 2.02. The van der Waals surface area contributed by atoms with Crippen LogP contribution in [0.5, 0.6) is 0 Å². The zero-order valence-corrected chi connectivity index (χ0v) is 15.3. The van der Waals surface area contributed by atoms with Crippen molar-refractivity contribution in [3.05, 3.63) is 29.3 Å². The number of nitrogens with zero attached hydrogens (tertiary/aromatic N) is 1. The summed E-state index contributed by atoms with van der Waals surface area (Å²) in [7, 11) is -3.44. The molecule has 1 amide bonds. The Morgan fingerprint density at radius 3 is 2.52 bits per heavy atom. The lowest BCUT2D eigenvalue weighted by atomic mass is 9.84. The quantitative estimate of drug-likeness (QED) is 0.887. The van der Waals surface area contributed by atoms with Gasteiger partial charge in [0.15, 0.2) is 9.84 Å². The third kappa shape index (κ3) is 3.29. The molecule has 0 bridgehead atoms. The number of hydrogen-bond donors (Lipinski definition) is 1. The second-order valence-electron chi connectivity index (χ2n) is 7.16. The van der Waals surface area contributed by atoms with Gasteiger partial charge in [0.1, 0.15) is 6.04 Å². The Bertz CT molecular complexity index is 817. The second kappa shape index (κ2) is 6.44. The van der Waals surface area contributed by atoms with Crippen molar-refractivity contribution >= 4 is 21.7 Å². The largest absolute Gasteiger partial charge is 0.480 e. The van der Waals surface area contributed by atoms with Crippen LogP contribution in [0, 0.1) is 12.8 Å². The molecule has 3 rings (SSSR count). The van der Waals surface area contributed by atoms with E-state index < -0.39 is 21.8 Å². The fraction of sp³-hybridized carbons (Fsp3) is 0.556. The van der Waals surface area contributed by atoms with E-state index >= 15 is 0 Å². The maximum absolute atomic E-state index is 13.2. The highest BCUT2D eigenvalue weighted by atomic mass is 32.2. The average Bonchev–Trinajstić information content (AvgIpc) is 2.93. The first-order chi connectivity index (χ1) is 11.7. The van der Waals surface area contributed by atoms with Gasteiger partial charge in [-0.2, -0.15) is 0 Å². The van der Waals surface area contributed by atoms with Crippen molar-refractivity contribution in [1.29, 1.82) is 0 Å². The third-order valence-electron chi connectivity index (χ3n) is 5.48. The summed E-state index contributed by atoms with van der Waals surface area (Å²) in [5.74, 6) is -1.14. The van der Waals surface area contributed by atoms with Crippen LogP contribution >= 0.6 is 0 Å². The van der Waals surface area contributed by atoms with E-state index in [2.05, 4.69) is 0 Å². The minimum absolute atomic E-state index is 0.0661. The summed E-state index contributed by atoms with van der Waals surface area (Å²) in [6, 6.07) is 3.56. The van der Waals surface area contributed by atoms with Crippen LogP contribution in [0.25, 0.3) is 0 Å². The third-order valence-corrected chi connectivity index (χ3v) is 6.59. The number of likely N-dealkylation sites (tertiary alicyclic amines) is 1. The van der Waals surface area contributed by atoms with Crippen LogP contribution in [0.3, 0.4) is 0 Å². The molecule has 2 fully saturated rings. The normalized spacial score (nSPS) is 26.3. The van der Waals surface area contributed by atoms with Crippen molar-refractivity contribution < 1.29 is 23.1 Å². The SMILES string of the molecule is Cc1ccc(S(C)(=O)=O)cc1C(=O)N1[C@@H]2CCCC[C@H]2C[C@H]1C(=O)O. The Kier molecular flexibility index (Phi) is 4.62. The van der Waals surface area contributed by atoms with Gasteiger partial charge in [-0.25, -0.2) is 13.2 Å². The zero-order chi connectivity index (χ0) is 18.4. The number of amides is 1. The summed E-state index contributed by atoms with van der Waals surface area (Å²) in [5, 5.41) is 9.59. The van der Waals surface area contributed by atoms with Gasteiger partial charge < -0.3 is 10.0 Å². The number of carbonyl (C=O) groups is 2. The van der Waals surface area contributed by atoms with Crippen LogP contribution in [0.15, 0.2) is 23.1 Å². The molecule has 1 aromatic carbocycles. The van der Waals surface area contributed by atoms with Crippen LogP contribution in [-0.2, 0) is 14.6 Å². The molecule has 1 saturated heterocycles. The molecule has 2 aliphatic rings. The van der Waals surface area contributed by atoms with Crippen molar-refractivity contribution in [2.75, 3.05) is 6.26 Å². The number of rotatable bonds is 3. The molecule has 3 atom stereocenters. The fourth-order valence-electron chi connectivity index (χ4n) is 4.17. The lowest BCUT2D eigenvalue weighted by Gasteiger charge is -2.33. The summed E-state index contributed by atoms with van der Waals surface area (Å²) >= 11 is 0. The van der Waals surface area contributed by atoms with Gasteiger partial charge in [-0.15, -0.1) is 0 Å². The van der Waals surface area contributed by atoms with Gasteiger partial charge in [-0.05, 0) is 49.8 Å². The van der Waals surface area contributed by atoms with Crippen LogP contribution in [0.4, 0.5) is 0 Å². The van der Waals surface area contributed by atoms with E-state index in [9.17, 15) is 23.1 Å². The Morgan fingerprint density at radius 2 is 1.88 bits per heavy atom. The molecule has 0 spiro atoms. The summed E-state index contributed by atoms with van der Waals surface area (Å²) in [6.45, 7) is 1.74. The number of aryl methyl sites for hydroxylation is 1. The topological polar surface area (TPSA) is 91.8 Å². The molecule has 0 aromatic heterocycles. The molecule has 6 nitrogen and oxygen atoms in total. The smallest absolute Gasteiger partial charge is 0.326 e. The minimum Gasteiger partial charge on any atom is -0.480 e. The maximum atomic E-state index is 13.2. The highest BCUT2D eigenvalue weighted by Gasteiger charge is 2.47. The Hall–Kier alpha value is -1.89. The standard InChI is InChI=1S/C18H23NO5S/c1-11-7-8-13(25(2,23)24)10-14(11)17(20)19-15-6-4-3-5-12(15)9-16(19)18(21)22/h7-8,10,12,15-16H,3-6,9H2,1-2H3,(H,21,22)/t12-,15+,16-/m0/s1. The fourth-order valence-corrected chi connectivity index (χ4v) is 4.82. The second-order valence-corrected chi connectivity index (χ2v) is 9.18. The molecule has 1 aliphatic heterocycles. The number of carboxylic acids is 1. The first-order valence-electron chi connectivity index (χ1n) is 8.56. The Morgan fingerprint density at radius 1 is 1.20 bits per heavy atom. The van der Waals surface area contributed by atoms with E-state index in [1.54, 1.807) is 13.0 Å². The first kappa shape index (κ1) is 17.9. The van der Waals surface area contributed by atoms with Crippen molar-refractivity contribution in [3.8, 4) is 0 Å². The monoisotopic (exact) mass is 365 g/mol. The number of carbonyl (C=O) groups excluding carboxylic acids is 1. The first-order valence-corrected chi connectivity index (χ1v) is 10.5. The molecule has 1 heterocycles. The predicted molar refractivity (Wildman–Crippen MR) is 92.2 cm³/mol. The van der Waals surface area contributed by atoms with E-state index in [0.717, 1.165) is 31.9 Å². The predicted octanol–water partition coefficient (Wildman–Crippen LogP) is 2.26. The van der Waals surface area contributed by atoms with Crippen LogP contribution < -0.4 is 0 Å². The number of fused-ring (bicyclic) bond motifs is 1. The van der Waals surface area contributed by atoms with E-state index in [1.165, 1.54) is 17.0 Å². The van der Waals surface area contributed by atoms with Gasteiger partial charge in [0.25, 0.3) is 5.91 Å². The van der Waals surface area contributed by atoms with Crippen LogP contribution in [0.2, 0.25) is 0 Å². The molecule has 0 radical (unpaired) electrons. The van der Waals surface area contributed by atoms with E-state index in [1.807, 2.05) is 0 Å². The molecule has 0 unspecified atom stereocenters. The number of carboxylic acid groups (broad SMARTS) is 1. The lowest BCUT2D eigenvalue weighted by molar-refractivity contribution is -0.141. The molecule has 1 saturated carbocycles. The van der Waals surface area contributed by atoms with Crippen LogP contribution in [0.1, 0.15) is 48.0 Å². The highest BCUT2D eigenvalue weighted by molar-refractivity contribution is 7.90. The molecular formula is C18H23NO5S. The molecular weight excluding hydrogens is 342 g/mol. The number of aliphatic carboxylic acids is 1. The molecule has 1 aliphatic carbocycles. The summed E-state index contributed by atoms with van der Waals surface area (Å²) in [5.41, 5.74) is 0.932. The molecule has 136 valence electrons. The number of sulfone groups is 1. The summed E-state index contributed by atoms with van der Waals surface area (Å²) < 4.78 is 23.6. The molecule has 1 aromatic rings. The Labute approximate surface area is 147 Å². The average molecular weight is 365 g/mol. The van der Waals surface area contributed by atoms with Crippen molar-refractivity contribution in [2.24, 2.45) is 5.92 Å². The van der Waals surface area contributed by atoms with Crippen molar-refractivity contribution in [1.82, 2.24) is 4.90 Å². The lowest BCUT2D eigenvalue weighted by Crippen LogP contribution is -2.46. The van der Waals surface area contributed by atoms with Gasteiger partial charge in [0.05, 0.1) is 4.90 Å². The van der Waals surface area contributed by atoms with Gasteiger partial charge in [0, 0.05) is 17.9 Å². The number of hydrogen-bond acceptors (Lipinski definition) is 4. The van der Waals surface area contributed by atoms with Gasteiger partial charge in [0.2, 0.25) is 0 Å². The maximum Gasteiger partial charge on any atom is 0.326 e. The molecule has 25 heavy (non-hydrogen) atoms. The molecule has 7 heteroatoms. The number of benzene rings is 1. The highest BCUT2D eigenvalue weighted by Crippen LogP contribution is 2.40. The minimum atomic E-state index is -3.44. The van der Waals surface area contributed by atoms with Crippen molar-refractivity contribution in [3.63, 3.8) is 0 Å². The van der Waals surface area contributed by atoms with Crippen LogP contribution in [-0.4, -0.2) is 48.6 Å². The van der Waals surface area contributed by atoms with E-state index in [4.69, 9.17) is 0 Å². The van der Waals surface area contributed by atoms with Gasteiger partial charge >= 0.3 is 5.97 Å². The van der Waals surface area contributed by atoms with E-state index in [0.29, 0.717) is 12.0 Å². The zero-order valence-electron chi connectivity index (χ0n) is 14.4. The van der Waals surface area contributed by atoms with Gasteiger partial charge in [-0.1, -0.05) is 18.9 Å². The summed E-state index contributed by atoms with van der Waals surface area (Å²) in [4.78, 5) is 26.5. The summed E-state index contributed by atoms with van der Waals surface area (Å²) in [6.07, 6.45) is 5.39. The van der Waals surface area contributed by atoms with E-state index in [-0.39, 0.29) is 28.3 Å². The van der Waals surface area contributed by atoms with Gasteiger partial charge in [-0.3, -0.25) is 4.79 Å². The van der Waals surface area contributed by atoms with Crippen molar-refractivity contribution in [2.45, 2.75) is 56.0 Å². The molecule has 1 N–H and O–H groups in total.